The number of amides is 1. The molecular weight excluding hydrogens is 366 g/mol. The first-order chi connectivity index (χ1) is 14.1. The average Bonchev–Trinajstić information content (AvgIpc) is 3.30. The van der Waals surface area contributed by atoms with Gasteiger partial charge in [-0.05, 0) is 42.2 Å². The third kappa shape index (κ3) is 3.78. The average molecular weight is 389 g/mol. The summed E-state index contributed by atoms with van der Waals surface area (Å²) in [5, 5.41) is 14.1. The van der Waals surface area contributed by atoms with Gasteiger partial charge in [0.05, 0.1) is 17.5 Å². The summed E-state index contributed by atoms with van der Waals surface area (Å²) in [7, 11) is 0. The lowest BCUT2D eigenvalue weighted by Crippen LogP contribution is -2.49. The Balaban J connectivity index is 1.40. The summed E-state index contributed by atoms with van der Waals surface area (Å²) in [6.07, 6.45) is 4.76. The molecule has 1 fully saturated rings. The lowest BCUT2D eigenvalue weighted by atomic mass is 9.73. The van der Waals surface area contributed by atoms with E-state index < -0.39 is 11.4 Å². The van der Waals surface area contributed by atoms with E-state index in [2.05, 4.69) is 5.10 Å². The van der Waals surface area contributed by atoms with Crippen molar-refractivity contribution in [2.45, 2.75) is 24.7 Å². The van der Waals surface area contributed by atoms with Crippen LogP contribution in [0.25, 0.3) is 5.69 Å². The number of piperidine rings is 1. The number of carbonyl (C=O) groups is 2. The number of likely N-dealkylation sites (tertiary alicyclic amines) is 1. The molecule has 0 spiro atoms. The van der Waals surface area contributed by atoms with Crippen LogP contribution in [0, 0.1) is 0 Å². The van der Waals surface area contributed by atoms with Gasteiger partial charge >= 0.3 is 5.97 Å². The first kappa shape index (κ1) is 18.9. The summed E-state index contributed by atoms with van der Waals surface area (Å²) in [6.45, 7) is 0.900. The van der Waals surface area contributed by atoms with E-state index in [4.69, 9.17) is 0 Å². The SMILES string of the molecule is O=C(Cc1ccc(-n2cccn2)cc1)N1CCC(C(=O)O)(c2ccccc2)CC1. The smallest absolute Gasteiger partial charge is 0.314 e. The third-order valence-electron chi connectivity index (χ3n) is 5.77. The van der Waals surface area contributed by atoms with Crippen LogP contribution in [0.3, 0.4) is 0 Å². The molecule has 0 saturated carbocycles. The Hall–Kier alpha value is -3.41. The van der Waals surface area contributed by atoms with E-state index in [1.165, 1.54) is 0 Å². The minimum absolute atomic E-state index is 0.0314. The molecule has 0 aliphatic carbocycles. The lowest BCUT2D eigenvalue weighted by molar-refractivity contribution is -0.148. The molecule has 1 N–H and O–H groups in total. The van der Waals surface area contributed by atoms with E-state index >= 15 is 0 Å². The van der Waals surface area contributed by atoms with Gasteiger partial charge in [-0.25, -0.2) is 4.68 Å². The van der Waals surface area contributed by atoms with Crippen LogP contribution in [0.5, 0.6) is 0 Å². The molecule has 0 atom stereocenters. The first-order valence-electron chi connectivity index (χ1n) is 9.74. The maximum absolute atomic E-state index is 12.8. The molecule has 1 saturated heterocycles. The second-order valence-electron chi connectivity index (χ2n) is 7.43. The second kappa shape index (κ2) is 7.91. The van der Waals surface area contributed by atoms with E-state index in [0.29, 0.717) is 32.4 Å². The number of rotatable bonds is 5. The number of aromatic nitrogens is 2. The molecule has 0 radical (unpaired) electrons. The normalized spacial score (nSPS) is 15.8. The number of hydrogen-bond acceptors (Lipinski definition) is 3. The molecule has 1 aliphatic heterocycles. The zero-order valence-electron chi connectivity index (χ0n) is 16.1. The van der Waals surface area contributed by atoms with Crippen molar-refractivity contribution < 1.29 is 14.7 Å². The summed E-state index contributed by atoms with van der Waals surface area (Å²) < 4.78 is 1.77. The summed E-state index contributed by atoms with van der Waals surface area (Å²) in [5.74, 6) is -0.783. The molecule has 4 rings (SSSR count). The number of aliphatic carboxylic acids is 1. The van der Waals surface area contributed by atoms with Gasteiger partial charge in [0.1, 0.15) is 0 Å². The number of hydrogen-bond donors (Lipinski definition) is 1. The van der Waals surface area contributed by atoms with E-state index in [1.807, 2.05) is 66.9 Å². The molecule has 3 aromatic rings. The Bertz CT molecular complexity index is 974. The van der Waals surface area contributed by atoms with Crippen LogP contribution in [-0.2, 0) is 21.4 Å². The van der Waals surface area contributed by atoms with Gasteiger partial charge in [-0.3, -0.25) is 9.59 Å². The fourth-order valence-electron chi connectivity index (χ4n) is 4.00. The van der Waals surface area contributed by atoms with Crippen molar-refractivity contribution in [3.05, 3.63) is 84.2 Å². The van der Waals surface area contributed by atoms with Gasteiger partial charge in [-0.2, -0.15) is 5.10 Å². The van der Waals surface area contributed by atoms with Crippen LogP contribution in [-0.4, -0.2) is 44.8 Å². The fourth-order valence-corrected chi connectivity index (χ4v) is 4.00. The molecule has 0 bridgehead atoms. The third-order valence-corrected chi connectivity index (χ3v) is 5.77. The van der Waals surface area contributed by atoms with Gasteiger partial charge in [0.25, 0.3) is 0 Å². The second-order valence-corrected chi connectivity index (χ2v) is 7.43. The Labute approximate surface area is 169 Å². The Kier molecular flexibility index (Phi) is 5.16. The quantitative estimate of drug-likeness (QED) is 0.728. The topological polar surface area (TPSA) is 75.4 Å². The molecule has 6 nitrogen and oxygen atoms in total. The number of carboxylic acid groups (broad SMARTS) is 1. The molecule has 1 aliphatic rings. The van der Waals surface area contributed by atoms with Crippen LogP contribution in [0.2, 0.25) is 0 Å². The molecular formula is C23H23N3O3. The van der Waals surface area contributed by atoms with Crippen molar-refractivity contribution in [3.63, 3.8) is 0 Å². The highest BCUT2D eigenvalue weighted by atomic mass is 16.4. The summed E-state index contributed by atoms with van der Waals surface area (Å²) in [4.78, 5) is 26.6. The Morgan fingerprint density at radius 2 is 1.66 bits per heavy atom. The predicted octanol–water partition coefficient (Wildman–Crippen LogP) is 3.06. The number of nitrogens with zero attached hydrogens (tertiary/aromatic N) is 3. The van der Waals surface area contributed by atoms with Crippen molar-refractivity contribution in [3.8, 4) is 5.69 Å². The molecule has 1 amide bonds. The van der Waals surface area contributed by atoms with Gasteiger partial charge in [0, 0.05) is 25.5 Å². The summed E-state index contributed by atoms with van der Waals surface area (Å²) in [6, 6.07) is 19.0. The molecule has 148 valence electrons. The van der Waals surface area contributed by atoms with Crippen molar-refractivity contribution in [1.29, 1.82) is 0 Å². The van der Waals surface area contributed by atoms with E-state index in [1.54, 1.807) is 15.8 Å². The van der Waals surface area contributed by atoms with Gasteiger partial charge < -0.3 is 10.0 Å². The maximum Gasteiger partial charge on any atom is 0.314 e. The highest BCUT2D eigenvalue weighted by molar-refractivity contribution is 5.83. The fraction of sp³-hybridized carbons (Fsp3) is 0.261. The van der Waals surface area contributed by atoms with Gasteiger partial charge in [-0.15, -0.1) is 0 Å². The first-order valence-corrected chi connectivity index (χ1v) is 9.74. The molecule has 2 aromatic carbocycles. The largest absolute Gasteiger partial charge is 0.481 e. The molecule has 1 aromatic heterocycles. The summed E-state index contributed by atoms with van der Waals surface area (Å²) >= 11 is 0. The van der Waals surface area contributed by atoms with Crippen molar-refractivity contribution in [2.75, 3.05) is 13.1 Å². The monoisotopic (exact) mass is 389 g/mol. The van der Waals surface area contributed by atoms with Gasteiger partial charge in [0.2, 0.25) is 5.91 Å². The minimum atomic E-state index is -0.913. The van der Waals surface area contributed by atoms with Crippen molar-refractivity contribution in [1.82, 2.24) is 14.7 Å². The van der Waals surface area contributed by atoms with E-state index in [-0.39, 0.29) is 5.91 Å². The Morgan fingerprint density at radius 3 is 2.24 bits per heavy atom. The van der Waals surface area contributed by atoms with Crippen molar-refractivity contribution >= 4 is 11.9 Å². The maximum atomic E-state index is 12.8. The van der Waals surface area contributed by atoms with Crippen LogP contribution in [0.4, 0.5) is 0 Å². The van der Waals surface area contributed by atoms with E-state index in [0.717, 1.165) is 16.8 Å². The van der Waals surface area contributed by atoms with Gasteiger partial charge in [-0.1, -0.05) is 42.5 Å². The number of carboxylic acids is 1. The zero-order chi connectivity index (χ0) is 20.3. The van der Waals surface area contributed by atoms with Crippen molar-refractivity contribution in [2.24, 2.45) is 0 Å². The number of benzene rings is 2. The van der Waals surface area contributed by atoms with Crippen LogP contribution in [0.15, 0.2) is 73.1 Å². The number of carbonyl (C=O) groups excluding carboxylic acids is 1. The van der Waals surface area contributed by atoms with Crippen LogP contribution in [0.1, 0.15) is 24.0 Å². The van der Waals surface area contributed by atoms with Crippen LogP contribution < -0.4 is 0 Å². The van der Waals surface area contributed by atoms with Crippen LogP contribution >= 0.6 is 0 Å². The molecule has 29 heavy (non-hydrogen) atoms. The molecule has 6 heteroatoms. The molecule has 2 heterocycles. The predicted molar refractivity (Wildman–Crippen MR) is 109 cm³/mol. The highest BCUT2D eigenvalue weighted by Gasteiger charge is 2.43. The van der Waals surface area contributed by atoms with E-state index in [9.17, 15) is 14.7 Å². The Morgan fingerprint density at radius 1 is 0.966 bits per heavy atom. The molecule has 0 unspecified atom stereocenters. The van der Waals surface area contributed by atoms with Gasteiger partial charge in [0.15, 0.2) is 0 Å². The lowest BCUT2D eigenvalue weighted by Gasteiger charge is -2.39. The minimum Gasteiger partial charge on any atom is -0.481 e. The zero-order valence-corrected chi connectivity index (χ0v) is 16.1. The summed E-state index contributed by atoms with van der Waals surface area (Å²) in [5.41, 5.74) is 1.78. The standard InChI is InChI=1S/C23H23N3O3/c27-21(17-18-7-9-20(10-8-18)26-14-4-13-24-26)25-15-11-23(12-16-25,22(28)29)19-5-2-1-3-6-19/h1-10,13-14H,11-12,15-17H2,(H,28,29). The highest BCUT2D eigenvalue weighted by Crippen LogP contribution is 2.36.